The molecule has 0 atom stereocenters. The molecule has 0 saturated heterocycles. The van der Waals surface area contributed by atoms with Crippen LogP contribution in [0, 0.1) is 0 Å². The molecule has 0 bridgehead atoms. The number of nitrogens with zero attached hydrogens (tertiary/aromatic N) is 1. The lowest BCUT2D eigenvalue weighted by Gasteiger charge is -1.88. The van der Waals surface area contributed by atoms with Gasteiger partial charge in [-0.25, -0.2) is 0 Å². The van der Waals surface area contributed by atoms with Crippen molar-refractivity contribution in [1.29, 1.82) is 0 Å². The summed E-state index contributed by atoms with van der Waals surface area (Å²) in [6.45, 7) is 0. The number of halogens is 1. The highest BCUT2D eigenvalue weighted by molar-refractivity contribution is 7.17. The lowest BCUT2D eigenvalue weighted by Crippen LogP contribution is -1.69. The van der Waals surface area contributed by atoms with Crippen molar-refractivity contribution >= 4 is 33.0 Å². The molecular weight excluding hydrogens is 166 g/mol. The Kier molecular flexibility index (Phi) is 1.36. The van der Waals surface area contributed by atoms with Crippen LogP contribution in [0.1, 0.15) is 0 Å². The van der Waals surface area contributed by atoms with Crippen molar-refractivity contribution in [1.82, 2.24) is 4.98 Å². The largest absolute Gasteiger partial charge is 0.262 e. The molecule has 2 aromatic rings. The van der Waals surface area contributed by atoms with Gasteiger partial charge in [0.05, 0.1) is 9.72 Å². The van der Waals surface area contributed by atoms with Crippen LogP contribution in [-0.2, 0) is 0 Å². The monoisotopic (exact) mass is 169 g/mol. The van der Waals surface area contributed by atoms with Gasteiger partial charge in [-0.3, -0.25) is 4.98 Å². The predicted octanol–water partition coefficient (Wildman–Crippen LogP) is 2.95. The highest BCUT2D eigenvalue weighted by Crippen LogP contribution is 2.25. The van der Waals surface area contributed by atoms with E-state index in [0.29, 0.717) is 0 Å². The third kappa shape index (κ3) is 0.805. The topological polar surface area (TPSA) is 12.9 Å². The van der Waals surface area contributed by atoms with Gasteiger partial charge in [0.1, 0.15) is 0 Å². The van der Waals surface area contributed by atoms with E-state index in [1.165, 1.54) is 0 Å². The van der Waals surface area contributed by atoms with Crippen LogP contribution in [-0.4, -0.2) is 4.98 Å². The van der Waals surface area contributed by atoms with Crippen LogP contribution in [0.4, 0.5) is 0 Å². The molecule has 0 saturated carbocycles. The van der Waals surface area contributed by atoms with Crippen molar-refractivity contribution < 1.29 is 0 Å². The zero-order valence-corrected chi connectivity index (χ0v) is 6.62. The molecule has 0 aromatic carbocycles. The van der Waals surface area contributed by atoms with Crippen LogP contribution in [0.2, 0.25) is 5.02 Å². The summed E-state index contributed by atoms with van der Waals surface area (Å²) in [5, 5.41) is 3.85. The lowest BCUT2D eigenvalue weighted by molar-refractivity contribution is 1.37. The first kappa shape index (κ1) is 6.13. The molecule has 10 heavy (non-hydrogen) atoms. The Morgan fingerprint density at radius 1 is 1.40 bits per heavy atom. The average Bonchev–Trinajstić information content (AvgIpc) is 2.36. The number of pyridine rings is 1. The molecule has 0 N–H and O–H groups in total. The summed E-state index contributed by atoms with van der Waals surface area (Å²) < 4.78 is 1.15. The molecule has 0 fully saturated rings. The fourth-order valence-electron chi connectivity index (χ4n) is 0.858. The Balaban J connectivity index is 2.95. The minimum absolute atomic E-state index is 0.735. The summed E-state index contributed by atoms with van der Waals surface area (Å²) >= 11 is 7.50. The molecule has 0 unspecified atom stereocenters. The Bertz CT molecular complexity index is 355. The van der Waals surface area contributed by atoms with E-state index in [4.69, 9.17) is 11.6 Å². The van der Waals surface area contributed by atoms with E-state index in [-0.39, 0.29) is 0 Å². The normalized spacial score (nSPS) is 10.5. The summed E-state index contributed by atoms with van der Waals surface area (Å²) in [5.74, 6) is 0. The van der Waals surface area contributed by atoms with Crippen molar-refractivity contribution in [2.75, 3.05) is 0 Å². The maximum Gasteiger partial charge on any atom is 0.0676 e. The average molecular weight is 170 g/mol. The first-order chi connectivity index (χ1) is 4.88. The van der Waals surface area contributed by atoms with Gasteiger partial charge in [0.25, 0.3) is 0 Å². The molecule has 1 nitrogen and oxygen atoms in total. The van der Waals surface area contributed by atoms with Crippen molar-refractivity contribution in [2.45, 2.75) is 0 Å². The number of rotatable bonds is 0. The van der Waals surface area contributed by atoms with Gasteiger partial charge in [-0.15, -0.1) is 11.3 Å². The second-order valence-electron chi connectivity index (χ2n) is 1.95. The lowest BCUT2D eigenvalue weighted by atomic mass is 10.3. The Morgan fingerprint density at radius 3 is 3.10 bits per heavy atom. The molecular formula is C7H4ClNS. The Hall–Kier alpha value is -0.600. The van der Waals surface area contributed by atoms with Gasteiger partial charge < -0.3 is 0 Å². The fourth-order valence-corrected chi connectivity index (χ4v) is 1.91. The van der Waals surface area contributed by atoms with Crippen LogP contribution in [0.5, 0.6) is 0 Å². The van der Waals surface area contributed by atoms with Crippen molar-refractivity contribution in [3.8, 4) is 0 Å². The maximum atomic E-state index is 5.84. The van der Waals surface area contributed by atoms with Crippen molar-refractivity contribution in [3.63, 3.8) is 0 Å². The Morgan fingerprint density at radius 2 is 2.30 bits per heavy atom. The smallest absolute Gasteiger partial charge is 0.0676 e. The Labute approximate surface area is 67.3 Å². The van der Waals surface area contributed by atoms with Crippen molar-refractivity contribution in [3.05, 3.63) is 28.9 Å². The summed E-state index contributed by atoms with van der Waals surface area (Å²) in [6.07, 6.45) is 3.49. The van der Waals surface area contributed by atoms with E-state index in [0.717, 1.165) is 15.1 Å². The maximum absolute atomic E-state index is 5.84. The summed E-state index contributed by atoms with van der Waals surface area (Å²) in [6, 6.07) is 2.00. The number of fused-ring (bicyclic) bond motifs is 1. The van der Waals surface area contributed by atoms with E-state index in [9.17, 15) is 0 Å². The molecule has 3 heteroatoms. The van der Waals surface area contributed by atoms with Gasteiger partial charge in [0, 0.05) is 17.8 Å². The van der Waals surface area contributed by atoms with Crippen LogP contribution in [0.25, 0.3) is 10.1 Å². The van der Waals surface area contributed by atoms with E-state index >= 15 is 0 Å². The van der Waals surface area contributed by atoms with Crippen LogP contribution in [0.15, 0.2) is 23.8 Å². The van der Waals surface area contributed by atoms with Gasteiger partial charge in [-0.1, -0.05) is 11.6 Å². The molecule has 2 heterocycles. The van der Waals surface area contributed by atoms with Gasteiger partial charge in [0.15, 0.2) is 0 Å². The molecule has 0 amide bonds. The zero-order valence-electron chi connectivity index (χ0n) is 5.04. The summed E-state index contributed by atoms with van der Waals surface area (Å²) in [5.41, 5.74) is 0. The molecule has 0 radical (unpaired) electrons. The van der Waals surface area contributed by atoms with Gasteiger partial charge in [0.2, 0.25) is 0 Å². The molecule has 0 spiro atoms. The number of hydrogen-bond donors (Lipinski definition) is 0. The molecule has 0 aliphatic rings. The highest BCUT2D eigenvalue weighted by Gasteiger charge is 1.97. The van der Waals surface area contributed by atoms with Gasteiger partial charge >= 0.3 is 0 Å². The van der Waals surface area contributed by atoms with Crippen LogP contribution < -0.4 is 0 Å². The minimum atomic E-state index is 0.735. The molecule has 2 aromatic heterocycles. The van der Waals surface area contributed by atoms with E-state index < -0.39 is 0 Å². The van der Waals surface area contributed by atoms with E-state index in [1.54, 1.807) is 17.5 Å². The zero-order chi connectivity index (χ0) is 6.97. The van der Waals surface area contributed by atoms with Gasteiger partial charge in [-0.05, 0) is 11.4 Å². The minimum Gasteiger partial charge on any atom is -0.262 e. The highest BCUT2D eigenvalue weighted by atomic mass is 35.5. The molecule has 2 rings (SSSR count). The fraction of sp³-hybridized carbons (Fsp3) is 0. The summed E-state index contributed by atoms with van der Waals surface area (Å²) in [4.78, 5) is 3.96. The van der Waals surface area contributed by atoms with Crippen LogP contribution in [0.3, 0.4) is 0 Å². The summed E-state index contributed by atoms with van der Waals surface area (Å²) in [7, 11) is 0. The third-order valence-corrected chi connectivity index (χ3v) is 2.48. The quantitative estimate of drug-likeness (QED) is 0.591. The second-order valence-corrected chi connectivity index (χ2v) is 3.31. The standard InChI is InChI=1S/C7H4ClNS/c8-6-3-9-4-7-5(6)1-2-10-7/h1-4H. The SMILES string of the molecule is Clc1cncc2sccc12. The number of hydrogen-bond acceptors (Lipinski definition) is 2. The van der Waals surface area contributed by atoms with Crippen LogP contribution >= 0.6 is 22.9 Å². The van der Waals surface area contributed by atoms with Gasteiger partial charge in [-0.2, -0.15) is 0 Å². The first-order valence-corrected chi connectivity index (χ1v) is 4.10. The second kappa shape index (κ2) is 2.22. The molecule has 0 aliphatic carbocycles. The van der Waals surface area contributed by atoms with Crippen molar-refractivity contribution in [2.24, 2.45) is 0 Å². The third-order valence-electron chi connectivity index (χ3n) is 1.33. The molecule has 50 valence electrons. The van der Waals surface area contributed by atoms with E-state index in [1.807, 2.05) is 17.6 Å². The predicted molar refractivity (Wildman–Crippen MR) is 44.6 cm³/mol. The molecule has 0 aliphatic heterocycles. The number of thiophene rings is 1. The first-order valence-electron chi connectivity index (χ1n) is 2.84. The van der Waals surface area contributed by atoms with E-state index in [2.05, 4.69) is 4.98 Å². The number of aromatic nitrogens is 1.